The maximum absolute atomic E-state index is 14.0. The Morgan fingerprint density at radius 3 is 2.20 bits per heavy atom. The minimum absolute atomic E-state index is 0.0241. The second kappa shape index (κ2) is 10.0. The number of piperazine rings is 1. The third-order valence-electron chi connectivity index (χ3n) is 7.20. The van der Waals surface area contributed by atoms with Crippen LogP contribution in [0.15, 0.2) is 47.6 Å². The number of alkyl halides is 3. The number of rotatable bonds is 5. The fraction of sp³-hybridized carbons (Fsp3) is 0.385. The first-order valence-electron chi connectivity index (χ1n) is 12.6. The van der Waals surface area contributed by atoms with Crippen LogP contribution >= 0.6 is 0 Å². The molecule has 10 nitrogen and oxygen atoms in total. The van der Waals surface area contributed by atoms with E-state index in [4.69, 9.17) is 0 Å². The zero-order valence-electron chi connectivity index (χ0n) is 22.3. The Kier molecular flexibility index (Phi) is 6.94. The van der Waals surface area contributed by atoms with Gasteiger partial charge in [-0.25, -0.2) is 17.9 Å². The Bertz CT molecular complexity index is 1680. The Labute approximate surface area is 229 Å². The highest BCUT2D eigenvalue weighted by molar-refractivity contribution is 7.89. The van der Waals surface area contributed by atoms with Crippen LogP contribution < -0.4 is 0 Å². The molecule has 0 spiro atoms. The summed E-state index contributed by atoms with van der Waals surface area (Å²) in [4.78, 5) is 19.4. The first kappa shape index (κ1) is 27.8. The number of aromatic nitrogens is 5. The standard InChI is InChI=1S/C26H28F3N7O3S/c1-16(2)18-5-7-19(8-6-18)21-13-23(26(27,28)29)36-24(32-21)20(14-31-36)25(37)34-9-11-35(12-10-34)40(38,39)22-15-30-33(4)17(22)3/h5-8,13-16H,9-12H2,1-4H3. The molecule has 1 aromatic carbocycles. The van der Waals surface area contributed by atoms with Crippen molar-refractivity contribution in [1.82, 2.24) is 33.6 Å². The maximum atomic E-state index is 14.0. The Hall–Kier alpha value is -3.78. The van der Waals surface area contributed by atoms with Crippen molar-refractivity contribution in [1.29, 1.82) is 0 Å². The average molecular weight is 576 g/mol. The quantitative estimate of drug-likeness (QED) is 0.359. The highest BCUT2D eigenvalue weighted by atomic mass is 32.2. The molecule has 0 N–H and O–H groups in total. The molecule has 40 heavy (non-hydrogen) atoms. The molecular formula is C26H28F3N7O3S. The number of hydrogen-bond acceptors (Lipinski definition) is 6. The van der Waals surface area contributed by atoms with Crippen LogP contribution in [0.1, 0.15) is 47.1 Å². The molecule has 0 bridgehead atoms. The molecule has 4 aromatic rings. The van der Waals surface area contributed by atoms with Crippen molar-refractivity contribution in [3.05, 3.63) is 65.2 Å². The molecule has 0 atom stereocenters. The summed E-state index contributed by atoms with van der Waals surface area (Å²) in [5.41, 5.74) is 0.692. The normalized spacial score (nSPS) is 15.3. The third kappa shape index (κ3) is 4.85. The van der Waals surface area contributed by atoms with Crippen LogP contribution in [-0.4, -0.2) is 74.1 Å². The van der Waals surface area contributed by atoms with Crippen molar-refractivity contribution >= 4 is 21.6 Å². The Balaban J connectivity index is 1.45. The molecule has 1 aliphatic heterocycles. The Morgan fingerprint density at radius 2 is 1.65 bits per heavy atom. The lowest BCUT2D eigenvalue weighted by molar-refractivity contribution is -0.142. The SMILES string of the molecule is Cc1c(S(=O)(=O)N2CCN(C(=O)c3cnn4c(C(F)(F)F)cc(-c5ccc(C(C)C)cc5)nc34)CC2)cnn1C. The monoisotopic (exact) mass is 575 g/mol. The van der Waals surface area contributed by atoms with Crippen LogP contribution in [-0.2, 0) is 23.2 Å². The number of halogens is 3. The van der Waals surface area contributed by atoms with Crippen molar-refractivity contribution in [3.8, 4) is 11.3 Å². The molecule has 5 rings (SSSR count). The number of benzene rings is 1. The van der Waals surface area contributed by atoms with Gasteiger partial charge in [0.25, 0.3) is 5.91 Å². The number of fused-ring (bicyclic) bond motifs is 1. The van der Waals surface area contributed by atoms with Gasteiger partial charge in [0.15, 0.2) is 11.3 Å². The van der Waals surface area contributed by atoms with Gasteiger partial charge in [0.05, 0.1) is 23.8 Å². The fourth-order valence-corrected chi connectivity index (χ4v) is 6.28. The van der Waals surface area contributed by atoms with E-state index < -0.39 is 27.8 Å². The predicted octanol–water partition coefficient (Wildman–Crippen LogP) is 3.73. The molecule has 0 aliphatic carbocycles. The molecule has 212 valence electrons. The highest BCUT2D eigenvalue weighted by Gasteiger charge is 2.37. The molecule has 0 saturated carbocycles. The number of carbonyl (C=O) groups is 1. The number of aryl methyl sites for hydroxylation is 1. The number of amides is 1. The second-order valence-corrected chi connectivity index (χ2v) is 11.9. The van der Waals surface area contributed by atoms with Crippen LogP contribution in [0.25, 0.3) is 16.9 Å². The van der Waals surface area contributed by atoms with Gasteiger partial charge in [-0.1, -0.05) is 38.1 Å². The summed E-state index contributed by atoms with van der Waals surface area (Å²) in [6.45, 7) is 5.84. The van der Waals surface area contributed by atoms with Gasteiger partial charge < -0.3 is 4.90 Å². The van der Waals surface area contributed by atoms with Gasteiger partial charge in [-0.2, -0.15) is 27.7 Å². The van der Waals surface area contributed by atoms with Crippen LogP contribution in [0.2, 0.25) is 0 Å². The minimum Gasteiger partial charge on any atom is -0.336 e. The lowest BCUT2D eigenvalue weighted by Crippen LogP contribution is -2.50. The van der Waals surface area contributed by atoms with Crippen molar-refractivity contribution in [3.63, 3.8) is 0 Å². The predicted molar refractivity (Wildman–Crippen MR) is 140 cm³/mol. The van der Waals surface area contributed by atoms with Gasteiger partial charge in [0.1, 0.15) is 10.5 Å². The molecule has 0 radical (unpaired) electrons. The summed E-state index contributed by atoms with van der Waals surface area (Å²) in [7, 11) is -2.17. The van der Waals surface area contributed by atoms with E-state index in [9.17, 15) is 26.4 Å². The van der Waals surface area contributed by atoms with Crippen LogP contribution in [0.4, 0.5) is 13.2 Å². The largest absolute Gasteiger partial charge is 0.433 e. The molecule has 4 heterocycles. The molecule has 1 fully saturated rings. The number of hydrogen-bond donors (Lipinski definition) is 0. The second-order valence-electron chi connectivity index (χ2n) is 10.0. The molecule has 14 heteroatoms. The van der Waals surface area contributed by atoms with E-state index in [0.29, 0.717) is 15.8 Å². The summed E-state index contributed by atoms with van der Waals surface area (Å²) in [6, 6.07) is 8.00. The first-order valence-corrected chi connectivity index (χ1v) is 14.1. The summed E-state index contributed by atoms with van der Waals surface area (Å²) < 4.78 is 71.6. The molecule has 1 aliphatic rings. The third-order valence-corrected chi connectivity index (χ3v) is 9.20. The number of sulfonamides is 1. The average Bonchev–Trinajstić information content (AvgIpc) is 3.50. The summed E-state index contributed by atoms with van der Waals surface area (Å²) >= 11 is 0. The fourth-order valence-electron chi connectivity index (χ4n) is 4.68. The van der Waals surface area contributed by atoms with Crippen molar-refractivity contribution in [2.24, 2.45) is 7.05 Å². The molecule has 0 unspecified atom stereocenters. The van der Waals surface area contributed by atoms with E-state index in [2.05, 4.69) is 15.2 Å². The minimum atomic E-state index is -4.75. The lowest BCUT2D eigenvalue weighted by Gasteiger charge is -2.33. The van der Waals surface area contributed by atoms with Gasteiger partial charge >= 0.3 is 6.18 Å². The van der Waals surface area contributed by atoms with Crippen LogP contribution in [0.3, 0.4) is 0 Å². The van der Waals surface area contributed by atoms with Gasteiger partial charge in [-0.3, -0.25) is 9.48 Å². The van der Waals surface area contributed by atoms with E-state index in [1.165, 1.54) is 20.1 Å². The van der Waals surface area contributed by atoms with Crippen molar-refractivity contribution in [2.45, 2.75) is 37.8 Å². The van der Waals surface area contributed by atoms with E-state index in [0.717, 1.165) is 17.8 Å². The Morgan fingerprint density at radius 1 is 1.00 bits per heavy atom. The van der Waals surface area contributed by atoms with Gasteiger partial charge in [-0.15, -0.1) is 0 Å². The molecule has 1 amide bonds. The lowest BCUT2D eigenvalue weighted by atomic mass is 10.0. The zero-order valence-corrected chi connectivity index (χ0v) is 23.2. The summed E-state index contributed by atoms with van der Waals surface area (Å²) in [5.74, 6) is -0.323. The number of carbonyl (C=O) groups excluding carboxylic acids is 1. The van der Waals surface area contributed by atoms with E-state index in [1.54, 1.807) is 26.1 Å². The summed E-state index contributed by atoms with van der Waals surface area (Å²) in [5, 5.41) is 7.85. The smallest absolute Gasteiger partial charge is 0.336 e. The highest BCUT2D eigenvalue weighted by Crippen LogP contribution is 2.33. The van der Waals surface area contributed by atoms with E-state index >= 15 is 0 Å². The summed E-state index contributed by atoms with van der Waals surface area (Å²) in [6.07, 6.45) is -2.38. The maximum Gasteiger partial charge on any atom is 0.433 e. The van der Waals surface area contributed by atoms with Crippen LogP contribution in [0, 0.1) is 6.92 Å². The van der Waals surface area contributed by atoms with Gasteiger partial charge in [0.2, 0.25) is 10.0 Å². The topological polar surface area (TPSA) is 106 Å². The number of nitrogens with zero attached hydrogens (tertiary/aromatic N) is 7. The van der Waals surface area contributed by atoms with Gasteiger partial charge in [-0.05, 0) is 24.5 Å². The van der Waals surface area contributed by atoms with Crippen molar-refractivity contribution in [2.75, 3.05) is 26.2 Å². The zero-order chi connectivity index (χ0) is 29.0. The van der Waals surface area contributed by atoms with E-state index in [1.807, 2.05) is 26.0 Å². The first-order chi connectivity index (χ1) is 18.8. The molecular weight excluding hydrogens is 547 g/mol. The van der Waals surface area contributed by atoms with Crippen molar-refractivity contribution < 1.29 is 26.4 Å². The van der Waals surface area contributed by atoms with Crippen LogP contribution in [0.5, 0.6) is 0 Å². The molecule has 3 aromatic heterocycles. The van der Waals surface area contributed by atoms with E-state index in [-0.39, 0.29) is 53.9 Å². The molecule has 1 saturated heterocycles. The van der Waals surface area contributed by atoms with Gasteiger partial charge in [0, 0.05) is 38.8 Å².